The first kappa shape index (κ1) is 31.7. The van der Waals surface area contributed by atoms with Crippen LogP contribution in [0.25, 0.3) is 0 Å². The van der Waals surface area contributed by atoms with E-state index < -0.39 is 17.9 Å². The summed E-state index contributed by atoms with van der Waals surface area (Å²) in [6, 6.07) is 0. The van der Waals surface area contributed by atoms with E-state index in [0.717, 1.165) is 25.3 Å². The SMILES string of the molecule is CCC=C(C)C(=O)O.CCC=C(C)C(=O)O.CCC=C(C)C(=O)O.N=C=O. The first-order valence-corrected chi connectivity index (χ1v) is 8.20. The third kappa shape index (κ3) is 31.3. The van der Waals surface area contributed by atoms with Crippen LogP contribution in [0.2, 0.25) is 0 Å². The molecule has 0 aliphatic heterocycles. The number of isocyanates is 1. The number of allylic oxidation sites excluding steroid dienone is 3. The average molecular weight is 385 g/mol. The lowest BCUT2D eigenvalue weighted by Gasteiger charge is -1.87. The molecule has 4 N–H and O–H groups in total. The standard InChI is InChI=1S/3C6H10O2.CHNO/c3*1-3-4-5(2)6(7)8;2-1-3/h3*4H,3H2,1-2H3,(H,7,8);2H. The first-order chi connectivity index (χ1) is 12.5. The number of rotatable bonds is 6. The van der Waals surface area contributed by atoms with Gasteiger partial charge in [0, 0.05) is 16.7 Å². The van der Waals surface area contributed by atoms with Gasteiger partial charge in [0.2, 0.25) is 6.08 Å². The van der Waals surface area contributed by atoms with Crippen LogP contribution in [0.15, 0.2) is 34.9 Å². The van der Waals surface area contributed by atoms with Crippen molar-refractivity contribution in [2.75, 3.05) is 0 Å². The Morgan fingerprint density at radius 3 is 0.889 bits per heavy atom. The minimum atomic E-state index is -0.827. The number of aliphatic carboxylic acids is 3. The summed E-state index contributed by atoms with van der Waals surface area (Å²) in [6.45, 7) is 10.5. The Labute approximate surface area is 160 Å². The summed E-state index contributed by atoms with van der Waals surface area (Å²) < 4.78 is 0. The lowest BCUT2D eigenvalue weighted by molar-refractivity contribution is -0.133. The number of nitrogens with one attached hydrogen (secondary N) is 1. The molecule has 8 heteroatoms. The molecule has 8 nitrogen and oxygen atoms in total. The van der Waals surface area contributed by atoms with Crippen LogP contribution in [0.3, 0.4) is 0 Å². The molecule has 154 valence electrons. The fourth-order valence-corrected chi connectivity index (χ4v) is 1.18. The van der Waals surface area contributed by atoms with E-state index in [1.807, 2.05) is 20.8 Å². The highest BCUT2D eigenvalue weighted by molar-refractivity contribution is 5.86. The van der Waals surface area contributed by atoms with Gasteiger partial charge in [0.05, 0.1) is 0 Å². The van der Waals surface area contributed by atoms with Crippen LogP contribution < -0.4 is 0 Å². The summed E-state index contributed by atoms with van der Waals surface area (Å²) in [4.78, 5) is 38.4. The number of carbonyl (C=O) groups excluding carboxylic acids is 1. The Hall–Kier alpha value is -2.99. The van der Waals surface area contributed by atoms with Gasteiger partial charge >= 0.3 is 17.9 Å². The maximum absolute atomic E-state index is 10.0. The molecule has 0 radical (unpaired) electrons. The van der Waals surface area contributed by atoms with Crippen molar-refractivity contribution in [3.05, 3.63) is 34.9 Å². The fraction of sp³-hybridized carbons (Fsp3) is 0.474. The molecule has 0 saturated heterocycles. The molecule has 0 spiro atoms. The average Bonchev–Trinajstić information content (AvgIpc) is 2.57. The summed E-state index contributed by atoms with van der Waals surface area (Å²) >= 11 is 0. The van der Waals surface area contributed by atoms with Crippen LogP contribution in [-0.4, -0.2) is 39.3 Å². The van der Waals surface area contributed by atoms with Crippen LogP contribution in [0, 0.1) is 5.41 Å². The molecular formula is C19H31NO7. The zero-order valence-electron chi connectivity index (χ0n) is 16.8. The Morgan fingerprint density at radius 2 is 0.852 bits per heavy atom. The molecule has 0 aliphatic rings. The van der Waals surface area contributed by atoms with Gasteiger partial charge in [0.15, 0.2) is 0 Å². The van der Waals surface area contributed by atoms with Crippen molar-refractivity contribution in [1.82, 2.24) is 0 Å². The molecule has 0 aliphatic carbocycles. The summed E-state index contributed by atoms with van der Waals surface area (Å²) in [7, 11) is 0. The van der Waals surface area contributed by atoms with E-state index in [-0.39, 0.29) is 0 Å². The second-order valence-electron chi connectivity index (χ2n) is 4.90. The molecule has 0 aromatic rings. The first-order valence-electron chi connectivity index (χ1n) is 8.20. The maximum Gasteiger partial charge on any atom is 0.330 e. The molecule has 0 aromatic carbocycles. The minimum absolute atomic E-state index is 0.424. The normalized spacial score (nSPS) is 10.5. The number of carboxylic acids is 3. The predicted octanol–water partition coefficient (Wildman–Crippen LogP) is 4.18. The van der Waals surface area contributed by atoms with Crippen molar-refractivity contribution in [3.8, 4) is 0 Å². The van der Waals surface area contributed by atoms with Gasteiger partial charge < -0.3 is 15.3 Å². The van der Waals surface area contributed by atoms with E-state index in [2.05, 4.69) is 0 Å². The zero-order valence-corrected chi connectivity index (χ0v) is 16.8. The summed E-state index contributed by atoms with van der Waals surface area (Å²) in [5.41, 5.74) is 1.27. The van der Waals surface area contributed by atoms with Gasteiger partial charge in [-0.3, -0.25) is 0 Å². The number of hydrogen-bond donors (Lipinski definition) is 4. The van der Waals surface area contributed by atoms with Crippen LogP contribution >= 0.6 is 0 Å². The fourth-order valence-electron chi connectivity index (χ4n) is 1.18. The Morgan fingerprint density at radius 1 is 0.704 bits per heavy atom. The van der Waals surface area contributed by atoms with Gasteiger partial charge in [-0.1, -0.05) is 39.0 Å². The minimum Gasteiger partial charge on any atom is -0.478 e. The molecule has 0 rings (SSSR count). The molecular weight excluding hydrogens is 354 g/mol. The summed E-state index contributed by atoms with van der Waals surface area (Å²) in [5, 5.41) is 30.1. The molecule has 0 amide bonds. The summed E-state index contributed by atoms with van der Waals surface area (Å²) in [5.74, 6) is -2.48. The zero-order chi connectivity index (χ0) is 22.4. The smallest absolute Gasteiger partial charge is 0.330 e. The van der Waals surface area contributed by atoms with E-state index in [1.54, 1.807) is 39.0 Å². The Balaban J connectivity index is -0.000000137. The number of carbonyl (C=O) groups is 3. The maximum atomic E-state index is 10.0. The van der Waals surface area contributed by atoms with E-state index in [1.165, 1.54) is 0 Å². The van der Waals surface area contributed by atoms with Crippen molar-refractivity contribution in [2.24, 2.45) is 0 Å². The van der Waals surface area contributed by atoms with E-state index >= 15 is 0 Å². The van der Waals surface area contributed by atoms with Crippen molar-refractivity contribution in [3.63, 3.8) is 0 Å². The topological polar surface area (TPSA) is 153 Å². The predicted molar refractivity (Wildman–Crippen MR) is 103 cm³/mol. The van der Waals surface area contributed by atoms with Crippen LogP contribution in [0.5, 0.6) is 0 Å². The molecule has 0 heterocycles. The molecule has 0 bridgehead atoms. The third-order valence-corrected chi connectivity index (χ3v) is 2.54. The van der Waals surface area contributed by atoms with Gasteiger partial charge in [-0.15, -0.1) is 0 Å². The van der Waals surface area contributed by atoms with E-state index in [0.29, 0.717) is 16.7 Å². The van der Waals surface area contributed by atoms with Crippen LogP contribution in [-0.2, 0) is 19.2 Å². The molecule has 0 atom stereocenters. The monoisotopic (exact) mass is 385 g/mol. The molecule has 0 fully saturated rings. The number of carboxylic acid groups (broad SMARTS) is 3. The Bertz CT molecular complexity index is 495. The van der Waals surface area contributed by atoms with Gasteiger partial charge in [0.25, 0.3) is 0 Å². The molecule has 0 aromatic heterocycles. The second kappa shape index (κ2) is 23.0. The van der Waals surface area contributed by atoms with Crippen LogP contribution in [0.4, 0.5) is 0 Å². The van der Waals surface area contributed by atoms with Crippen molar-refractivity contribution in [2.45, 2.75) is 60.8 Å². The van der Waals surface area contributed by atoms with Gasteiger partial charge in [0.1, 0.15) is 0 Å². The largest absolute Gasteiger partial charge is 0.478 e. The molecule has 27 heavy (non-hydrogen) atoms. The highest BCUT2D eigenvalue weighted by atomic mass is 16.4. The Kier molecular flexibility index (Phi) is 27.1. The van der Waals surface area contributed by atoms with E-state index in [9.17, 15) is 14.4 Å². The molecule has 0 saturated carbocycles. The lowest BCUT2D eigenvalue weighted by Crippen LogP contribution is -1.94. The lowest BCUT2D eigenvalue weighted by atomic mass is 10.2. The van der Waals surface area contributed by atoms with Crippen molar-refractivity contribution in [1.29, 1.82) is 5.41 Å². The highest BCUT2D eigenvalue weighted by Gasteiger charge is 1.96. The second-order valence-corrected chi connectivity index (χ2v) is 4.90. The number of hydrogen-bond acceptors (Lipinski definition) is 5. The van der Waals surface area contributed by atoms with Crippen LogP contribution in [0.1, 0.15) is 60.8 Å². The van der Waals surface area contributed by atoms with E-state index in [4.69, 9.17) is 25.5 Å². The van der Waals surface area contributed by atoms with Crippen molar-refractivity contribution < 1.29 is 34.5 Å². The van der Waals surface area contributed by atoms with Gasteiger partial charge in [-0.2, -0.15) is 0 Å². The van der Waals surface area contributed by atoms with Crippen molar-refractivity contribution >= 4 is 24.0 Å². The van der Waals surface area contributed by atoms with Gasteiger partial charge in [-0.05, 0) is 40.0 Å². The molecule has 0 unspecified atom stereocenters. The van der Waals surface area contributed by atoms with Gasteiger partial charge in [-0.25, -0.2) is 24.6 Å². The quantitative estimate of drug-likeness (QED) is 0.304. The highest BCUT2D eigenvalue weighted by Crippen LogP contribution is 1.94. The third-order valence-electron chi connectivity index (χ3n) is 2.54. The summed E-state index contributed by atoms with van der Waals surface area (Å²) in [6.07, 6.45) is 8.17.